The molecule has 0 amide bonds. The van der Waals surface area contributed by atoms with Crippen LogP contribution in [0.25, 0.3) is 0 Å². The van der Waals surface area contributed by atoms with E-state index in [0.29, 0.717) is 10.6 Å². The molecular formula is C14H13BClFO3. The number of benzene rings is 2. The van der Waals surface area contributed by atoms with Crippen molar-refractivity contribution in [2.45, 2.75) is 13.2 Å². The average Bonchev–Trinajstić information content (AvgIpc) is 2.42. The fraction of sp³-hybridized carbons (Fsp3) is 0.143. The van der Waals surface area contributed by atoms with Crippen molar-refractivity contribution >= 4 is 24.2 Å². The molecule has 0 fully saturated rings. The number of hydrogen-bond donors (Lipinski definition) is 2. The molecular weight excluding hydrogens is 281 g/mol. The molecule has 0 radical (unpaired) electrons. The molecule has 0 spiro atoms. The predicted molar refractivity (Wildman–Crippen MR) is 76.2 cm³/mol. The van der Waals surface area contributed by atoms with Crippen molar-refractivity contribution in [3.8, 4) is 0 Å². The fourth-order valence-electron chi connectivity index (χ4n) is 1.73. The Kier molecular flexibility index (Phi) is 5.14. The van der Waals surface area contributed by atoms with Gasteiger partial charge in [0.25, 0.3) is 0 Å². The van der Waals surface area contributed by atoms with Gasteiger partial charge in [0, 0.05) is 10.6 Å². The van der Waals surface area contributed by atoms with Gasteiger partial charge in [0.2, 0.25) is 0 Å². The van der Waals surface area contributed by atoms with Crippen LogP contribution < -0.4 is 5.46 Å². The molecule has 0 saturated carbocycles. The molecule has 3 nitrogen and oxygen atoms in total. The lowest BCUT2D eigenvalue weighted by Gasteiger charge is -2.08. The summed E-state index contributed by atoms with van der Waals surface area (Å²) in [6.45, 7) is 0.363. The summed E-state index contributed by atoms with van der Waals surface area (Å²) >= 11 is 5.98. The Hall–Kier alpha value is -1.40. The third-order valence-corrected chi connectivity index (χ3v) is 3.22. The Morgan fingerprint density at radius 3 is 2.40 bits per heavy atom. The minimum atomic E-state index is -1.68. The number of hydrogen-bond acceptors (Lipinski definition) is 3. The summed E-state index contributed by atoms with van der Waals surface area (Å²) in [5, 5.41) is 18.5. The van der Waals surface area contributed by atoms with Crippen molar-refractivity contribution in [1.82, 2.24) is 0 Å². The monoisotopic (exact) mass is 294 g/mol. The second-order valence-electron chi connectivity index (χ2n) is 4.31. The van der Waals surface area contributed by atoms with Crippen LogP contribution in [0, 0.1) is 5.82 Å². The molecule has 2 N–H and O–H groups in total. The maximum absolute atomic E-state index is 13.7. The van der Waals surface area contributed by atoms with Crippen molar-refractivity contribution in [2.75, 3.05) is 0 Å². The van der Waals surface area contributed by atoms with Crippen LogP contribution in [0.15, 0.2) is 42.5 Å². The zero-order valence-corrected chi connectivity index (χ0v) is 11.3. The molecule has 2 aromatic carbocycles. The molecule has 6 heteroatoms. The highest BCUT2D eigenvalue weighted by Gasteiger charge is 2.13. The van der Waals surface area contributed by atoms with Crippen molar-refractivity contribution < 1.29 is 19.2 Å². The van der Waals surface area contributed by atoms with Crippen molar-refractivity contribution in [3.63, 3.8) is 0 Å². The molecule has 0 saturated heterocycles. The molecule has 20 heavy (non-hydrogen) atoms. The van der Waals surface area contributed by atoms with Gasteiger partial charge in [-0.2, -0.15) is 0 Å². The van der Waals surface area contributed by atoms with Crippen LogP contribution >= 0.6 is 11.6 Å². The first kappa shape index (κ1) is 15.0. The third-order valence-electron chi connectivity index (χ3n) is 2.85. The van der Waals surface area contributed by atoms with E-state index in [1.807, 2.05) is 18.2 Å². The fourth-order valence-corrected chi connectivity index (χ4v) is 1.92. The van der Waals surface area contributed by atoms with Gasteiger partial charge >= 0.3 is 7.12 Å². The maximum atomic E-state index is 13.7. The van der Waals surface area contributed by atoms with E-state index < -0.39 is 12.9 Å². The zero-order valence-electron chi connectivity index (χ0n) is 10.6. The van der Waals surface area contributed by atoms with E-state index in [0.717, 1.165) is 11.6 Å². The van der Waals surface area contributed by atoms with E-state index in [4.69, 9.17) is 26.4 Å². The maximum Gasteiger partial charge on any atom is 0.488 e. The van der Waals surface area contributed by atoms with Crippen LogP contribution in [0.2, 0.25) is 5.02 Å². The Labute approximate surface area is 121 Å². The molecule has 0 heterocycles. The number of ether oxygens (including phenoxy) is 1. The quantitative estimate of drug-likeness (QED) is 0.828. The topological polar surface area (TPSA) is 49.7 Å². The normalized spacial score (nSPS) is 10.6. The van der Waals surface area contributed by atoms with Gasteiger partial charge in [-0.3, -0.25) is 0 Å². The lowest BCUT2D eigenvalue weighted by molar-refractivity contribution is 0.105. The van der Waals surface area contributed by atoms with E-state index in [-0.39, 0.29) is 18.7 Å². The molecule has 0 aliphatic carbocycles. The van der Waals surface area contributed by atoms with Crippen molar-refractivity contribution in [3.05, 3.63) is 64.4 Å². The van der Waals surface area contributed by atoms with E-state index in [1.54, 1.807) is 6.07 Å². The Bertz CT molecular complexity index is 592. The molecule has 0 aromatic heterocycles. The van der Waals surface area contributed by atoms with E-state index >= 15 is 0 Å². The van der Waals surface area contributed by atoms with Crippen LogP contribution in [0.1, 0.15) is 11.1 Å². The summed E-state index contributed by atoms with van der Waals surface area (Å²) in [6.07, 6.45) is 0. The third kappa shape index (κ3) is 3.80. The summed E-state index contributed by atoms with van der Waals surface area (Å²) in [6, 6.07) is 11.3. The van der Waals surface area contributed by atoms with Crippen molar-refractivity contribution in [2.24, 2.45) is 0 Å². The molecule has 2 rings (SSSR count). The molecule has 0 aliphatic rings. The van der Waals surface area contributed by atoms with Crippen LogP contribution in [0.5, 0.6) is 0 Å². The summed E-state index contributed by atoms with van der Waals surface area (Å²) in [4.78, 5) is 0. The molecule has 0 aliphatic heterocycles. The lowest BCUT2D eigenvalue weighted by atomic mass is 9.80. The van der Waals surface area contributed by atoms with E-state index in [2.05, 4.69) is 0 Å². The van der Waals surface area contributed by atoms with Gasteiger partial charge in [0.15, 0.2) is 0 Å². The summed E-state index contributed by atoms with van der Waals surface area (Å²) < 4.78 is 19.1. The summed E-state index contributed by atoms with van der Waals surface area (Å²) in [5.41, 5.74) is 1.29. The molecule has 0 atom stereocenters. The van der Waals surface area contributed by atoms with Gasteiger partial charge in [-0.15, -0.1) is 0 Å². The number of halogens is 2. The second kappa shape index (κ2) is 6.86. The number of rotatable bonds is 5. The van der Waals surface area contributed by atoms with Gasteiger partial charge in [-0.05, 0) is 23.2 Å². The van der Waals surface area contributed by atoms with Gasteiger partial charge in [0.05, 0.1) is 13.2 Å². The van der Waals surface area contributed by atoms with Gasteiger partial charge in [-0.25, -0.2) is 4.39 Å². The first-order chi connectivity index (χ1) is 9.58. The standard InChI is InChI=1S/C14H13BClFO3/c16-13-4-2-1-3-10(13)8-20-9-11-5-6-12(15(18)19)7-14(11)17/h1-7,18-19H,8-9H2. The lowest BCUT2D eigenvalue weighted by Crippen LogP contribution is -2.30. The SMILES string of the molecule is OB(O)c1ccc(COCc2ccccc2Cl)c(F)c1. The Balaban J connectivity index is 1.96. The highest BCUT2D eigenvalue weighted by Crippen LogP contribution is 2.16. The molecule has 2 aromatic rings. The highest BCUT2D eigenvalue weighted by atomic mass is 35.5. The zero-order chi connectivity index (χ0) is 14.5. The molecule has 0 unspecified atom stereocenters. The first-order valence-electron chi connectivity index (χ1n) is 6.03. The van der Waals surface area contributed by atoms with E-state index in [1.165, 1.54) is 12.1 Å². The highest BCUT2D eigenvalue weighted by molar-refractivity contribution is 6.58. The molecule has 0 bridgehead atoms. The van der Waals surface area contributed by atoms with Gasteiger partial charge in [0.1, 0.15) is 5.82 Å². The van der Waals surface area contributed by atoms with Crippen LogP contribution in [-0.2, 0) is 18.0 Å². The summed E-state index contributed by atoms with van der Waals surface area (Å²) in [5.74, 6) is -0.533. The van der Waals surface area contributed by atoms with Crippen LogP contribution in [0.3, 0.4) is 0 Å². The first-order valence-corrected chi connectivity index (χ1v) is 6.41. The van der Waals surface area contributed by atoms with Gasteiger partial charge in [-0.1, -0.05) is 41.9 Å². The second-order valence-corrected chi connectivity index (χ2v) is 4.72. The van der Waals surface area contributed by atoms with Crippen LogP contribution in [-0.4, -0.2) is 17.2 Å². The largest absolute Gasteiger partial charge is 0.488 e. The molecule has 104 valence electrons. The van der Waals surface area contributed by atoms with Gasteiger partial charge < -0.3 is 14.8 Å². The van der Waals surface area contributed by atoms with E-state index in [9.17, 15) is 4.39 Å². The predicted octanol–water partition coefficient (Wildman–Crippen LogP) is 1.88. The van der Waals surface area contributed by atoms with Crippen LogP contribution in [0.4, 0.5) is 4.39 Å². The minimum absolute atomic E-state index is 0.0822. The average molecular weight is 295 g/mol. The minimum Gasteiger partial charge on any atom is -0.423 e. The van der Waals surface area contributed by atoms with Crippen molar-refractivity contribution in [1.29, 1.82) is 0 Å². The summed E-state index contributed by atoms with van der Waals surface area (Å²) in [7, 11) is -1.68. The Morgan fingerprint density at radius 1 is 1.05 bits per heavy atom. The Morgan fingerprint density at radius 2 is 1.75 bits per heavy atom. The smallest absolute Gasteiger partial charge is 0.423 e.